The van der Waals surface area contributed by atoms with Crippen molar-refractivity contribution >= 4 is 5.97 Å². The highest BCUT2D eigenvalue weighted by atomic mass is 16.5. The Balaban J connectivity index is 3.19. The summed E-state index contributed by atoms with van der Waals surface area (Å²) < 4.78 is 5.26. The average molecular weight is 309 g/mol. The van der Waals surface area contributed by atoms with Crippen molar-refractivity contribution < 1.29 is 9.53 Å². The molecule has 0 saturated heterocycles. The molecule has 0 amide bonds. The van der Waals surface area contributed by atoms with Crippen molar-refractivity contribution in [3.63, 3.8) is 0 Å². The van der Waals surface area contributed by atoms with Crippen molar-refractivity contribution in [1.29, 1.82) is 0 Å². The van der Waals surface area contributed by atoms with Gasteiger partial charge in [-0.25, -0.2) is 0 Å². The molecule has 0 radical (unpaired) electrons. The summed E-state index contributed by atoms with van der Waals surface area (Å²) in [5.74, 6) is -0.0162. The average Bonchev–Trinajstić information content (AvgIpc) is 2.52. The topological polar surface area (TPSA) is 26.3 Å². The standard InChI is InChI=1S/C20H36O2/c1-3-5-7-9-11-12-14-16-18-20(21)22-19-17-15-13-10-8-6-4-2/h3,6,8H,1,4-5,7,9-19H2,2H3/b8-6-. The van der Waals surface area contributed by atoms with Crippen LogP contribution in [0.5, 0.6) is 0 Å². The first kappa shape index (κ1) is 20.9. The van der Waals surface area contributed by atoms with E-state index in [0.717, 1.165) is 44.9 Å². The molecule has 0 aromatic heterocycles. The lowest BCUT2D eigenvalue weighted by atomic mass is 10.1. The van der Waals surface area contributed by atoms with Crippen molar-refractivity contribution in [2.24, 2.45) is 0 Å². The third kappa shape index (κ3) is 17.0. The Morgan fingerprint density at radius 2 is 1.50 bits per heavy atom. The molecule has 0 atom stereocenters. The number of unbranched alkanes of at least 4 members (excludes halogenated alkanes) is 9. The Bertz CT molecular complexity index is 281. The Morgan fingerprint density at radius 3 is 2.23 bits per heavy atom. The fourth-order valence-electron chi connectivity index (χ4n) is 2.35. The molecule has 0 rings (SSSR count). The van der Waals surface area contributed by atoms with Crippen molar-refractivity contribution in [3.8, 4) is 0 Å². The number of carbonyl (C=O) groups excluding carboxylic acids is 1. The van der Waals surface area contributed by atoms with Gasteiger partial charge in [-0.2, -0.15) is 0 Å². The molecule has 0 fully saturated rings. The van der Waals surface area contributed by atoms with E-state index in [9.17, 15) is 4.79 Å². The Hall–Kier alpha value is -1.05. The fourth-order valence-corrected chi connectivity index (χ4v) is 2.35. The van der Waals surface area contributed by atoms with Gasteiger partial charge in [0, 0.05) is 6.42 Å². The van der Waals surface area contributed by atoms with Crippen molar-refractivity contribution in [1.82, 2.24) is 0 Å². The third-order valence-corrected chi connectivity index (χ3v) is 3.72. The molecule has 0 spiro atoms. The van der Waals surface area contributed by atoms with Gasteiger partial charge in [-0.3, -0.25) is 4.79 Å². The SMILES string of the molecule is C=CCCCCCCCCC(=O)OCCCCC/C=C\CC. The molecule has 0 aliphatic carbocycles. The summed E-state index contributed by atoms with van der Waals surface area (Å²) in [5, 5.41) is 0. The first-order valence-electron chi connectivity index (χ1n) is 9.22. The minimum absolute atomic E-state index is 0.0162. The molecular weight excluding hydrogens is 272 g/mol. The monoisotopic (exact) mass is 308 g/mol. The van der Waals surface area contributed by atoms with E-state index < -0.39 is 0 Å². The first-order chi connectivity index (χ1) is 10.8. The van der Waals surface area contributed by atoms with Gasteiger partial charge in [0.05, 0.1) is 6.61 Å². The summed E-state index contributed by atoms with van der Waals surface area (Å²) >= 11 is 0. The zero-order chi connectivity index (χ0) is 16.3. The molecule has 0 aromatic carbocycles. The summed E-state index contributed by atoms with van der Waals surface area (Å²) in [4.78, 5) is 11.5. The van der Waals surface area contributed by atoms with Crippen molar-refractivity contribution in [2.45, 2.75) is 90.4 Å². The number of ether oxygens (including phenoxy) is 1. The third-order valence-electron chi connectivity index (χ3n) is 3.72. The lowest BCUT2D eigenvalue weighted by molar-refractivity contribution is -0.143. The highest BCUT2D eigenvalue weighted by Crippen LogP contribution is 2.09. The van der Waals surface area contributed by atoms with Gasteiger partial charge >= 0.3 is 5.97 Å². The minimum atomic E-state index is -0.0162. The van der Waals surface area contributed by atoms with Gasteiger partial charge in [-0.1, -0.05) is 50.8 Å². The van der Waals surface area contributed by atoms with Crippen LogP contribution in [0, 0.1) is 0 Å². The molecule has 0 saturated carbocycles. The summed E-state index contributed by atoms with van der Waals surface area (Å²) in [6.07, 6.45) is 20.9. The molecule has 2 heteroatoms. The smallest absolute Gasteiger partial charge is 0.305 e. The molecule has 0 bridgehead atoms. The minimum Gasteiger partial charge on any atom is -0.466 e. The van der Waals surface area contributed by atoms with Crippen molar-refractivity contribution in [3.05, 3.63) is 24.8 Å². The number of allylic oxidation sites excluding steroid dienone is 3. The number of hydrogen-bond acceptors (Lipinski definition) is 2. The highest BCUT2D eigenvalue weighted by molar-refractivity contribution is 5.69. The summed E-state index contributed by atoms with van der Waals surface area (Å²) in [7, 11) is 0. The van der Waals surface area contributed by atoms with Crippen LogP contribution >= 0.6 is 0 Å². The van der Waals surface area contributed by atoms with E-state index in [1.165, 1.54) is 32.1 Å². The fraction of sp³-hybridized carbons (Fsp3) is 0.750. The lowest BCUT2D eigenvalue weighted by Gasteiger charge is -2.04. The van der Waals surface area contributed by atoms with Crippen LogP contribution in [0.2, 0.25) is 0 Å². The molecular formula is C20H36O2. The van der Waals surface area contributed by atoms with E-state index in [1.807, 2.05) is 6.08 Å². The van der Waals surface area contributed by atoms with Crippen LogP contribution in [-0.4, -0.2) is 12.6 Å². The maximum atomic E-state index is 11.5. The van der Waals surface area contributed by atoms with Gasteiger partial charge in [0.15, 0.2) is 0 Å². The zero-order valence-corrected chi connectivity index (χ0v) is 14.7. The molecule has 2 nitrogen and oxygen atoms in total. The number of esters is 1. The van der Waals surface area contributed by atoms with Crippen LogP contribution in [0.25, 0.3) is 0 Å². The van der Waals surface area contributed by atoms with Crippen LogP contribution in [0.1, 0.15) is 90.4 Å². The first-order valence-corrected chi connectivity index (χ1v) is 9.22. The molecule has 128 valence electrons. The summed E-state index contributed by atoms with van der Waals surface area (Å²) in [5.41, 5.74) is 0. The predicted molar refractivity (Wildman–Crippen MR) is 96.0 cm³/mol. The maximum absolute atomic E-state index is 11.5. The zero-order valence-electron chi connectivity index (χ0n) is 14.7. The Labute approximate surface area is 138 Å². The van der Waals surface area contributed by atoms with Crippen LogP contribution in [0.15, 0.2) is 24.8 Å². The number of carbonyl (C=O) groups is 1. The quantitative estimate of drug-likeness (QED) is 0.188. The molecule has 22 heavy (non-hydrogen) atoms. The summed E-state index contributed by atoms with van der Waals surface area (Å²) in [6.45, 7) is 6.47. The van der Waals surface area contributed by atoms with Gasteiger partial charge < -0.3 is 4.74 Å². The van der Waals surface area contributed by atoms with Gasteiger partial charge in [0.1, 0.15) is 0 Å². The van der Waals surface area contributed by atoms with Gasteiger partial charge in [-0.15, -0.1) is 6.58 Å². The predicted octanol–water partition coefficient (Wildman–Crippen LogP) is 6.36. The largest absolute Gasteiger partial charge is 0.466 e. The number of rotatable bonds is 16. The van der Waals surface area contributed by atoms with E-state index in [0.29, 0.717) is 13.0 Å². The van der Waals surface area contributed by atoms with Gasteiger partial charge in [-0.05, 0) is 51.4 Å². The lowest BCUT2D eigenvalue weighted by Crippen LogP contribution is -2.05. The van der Waals surface area contributed by atoms with Crippen LogP contribution < -0.4 is 0 Å². The molecule has 0 unspecified atom stereocenters. The normalized spacial score (nSPS) is 11.0. The summed E-state index contributed by atoms with van der Waals surface area (Å²) in [6, 6.07) is 0. The van der Waals surface area contributed by atoms with E-state index in [-0.39, 0.29) is 5.97 Å². The Morgan fingerprint density at radius 1 is 0.864 bits per heavy atom. The van der Waals surface area contributed by atoms with E-state index >= 15 is 0 Å². The second kappa shape index (κ2) is 18.0. The van der Waals surface area contributed by atoms with E-state index in [2.05, 4.69) is 25.7 Å². The maximum Gasteiger partial charge on any atom is 0.305 e. The van der Waals surface area contributed by atoms with E-state index in [1.54, 1.807) is 0 Å². The molecule has 0 aromatic rings. The van der Waals surface area contributed by atoms with Gasteiger partial charge in [0.25, 0.3) is 0 Å². The Kier molecular flexibility index (Phi) is 17.1. The van der Waals surface area contributed by atoms with Crippen molar-refractivity contribution in [2.75, 3.05) is 6.61 Å². The second-order valence-electron chi connectivity index (χ2n) is 5.90. The molecule has 0 aliphatic heterocycles. The number of hydrogen-bond donors (Lipinski definition) is 0. The highest BCUT2D eigenvalue weighted by Gasteiger charge is 2.02. The molecule has 0 aliphatic rings. The molecule has 0 heterocycles. The van der Waals surface area contributed by atoms with Gasteiger partial charge in [0.2, 0.25) is 0 Å². The van der Waals surface area contributed by atoms with E-state index in [4.69, 9.17) is 4.74 Å². The molecule has 0 N–H and O–H groups in total. The van der Waals surface area contributed by atoms with Crippen LogP contribution in [0.3, 0.4) is 0 Å². The van der Waals surface area contributed by atoms with Crippen LogP contribution in [-0.2, 0) is 9.53 Å². The second-order valence-corrected chi connectivity index (χ2v) is 5.90. The van der Waals surface area contributed by atoms with Crippen LogP contribution in [0.4, 0.5) is 0 Å².